The second kappa shape index (κ2) is 6.74. The monoisotopic (exact) mass is 369 g/mol. The number of anilines is 2. The maximum absolute atomic E-state index is 5.23. The van der Waals surface area contributed by atoms with Crippen LogP contribution in [-0.2, 0) is 6.54 Å². The second-order valence-corrected chi connectivity index (χ2v) is 6.57. The van der Waals surface area contributed by atoms with Gasteiger partial charge in [-0.05, 0) is 42.0 Å². The summed E-state index contributed by atoms with van der Waals surface area (Å²) in [5.41, 5.74) is 4.33. The average Bonchev–Trinajstić information content (AvgIpc) is 3.29. The Hall–Kier alpha value is -3.80. The van der Waals surface area contributed by atoms with Gasteiger partial charge >= 0.3 is 0 Å². The molecule has 0 aliphatic rings. The number of ether oxygens (including phenoxy) is 1. The number of aromatic nitrogens is 4. The fourth-order valence-corrected chi connectivity index (χ4v) is 3.47. The first-order chi connectivity index (χ1) is 13.8. The van der Waals surface area contributed by atoms with Crippen molar-refractivity contribution in [3.05, 3.63) is 84.4 Å². The Kier molecular flexibility index (Phi) is 3.94. The number of para-hydroxylation sites is 2. The molecule has 0 atom stereocenters. The van der Waals surface area contributed by atoms with E-state index in [1.54, 1.807) is 7.11 Å². The predicted octanol–water partition coefficient (Wildman–Crippen LogP) is 4.48. The van der Waals surface area contributed by atoms with Crippen molar-refractivity contribution in [3.63, 3.8) is 0 Å². The van der Waals surface area contributed by atoms with Crippen molar-refractivity contribution in [1.82, 2.24) is 19.2 Å². The largest absolute Gasteiger partial charge is 0.497 e. The van der Waals surface area contributed by atoms with Gasteiger partial charge < -0.3 is 14.6 Å². The van der Waals surface area contributed by atoms with E-state index in [2.05, 4.69) is 60.9 Å². The lowest BCUT2D eigenvalue weighted by atomic mass is 10.2. The maximum atomic E-state index is 5.23. The summed E-state index contributed by atoms with van der Waals surface area (Å²) in [6.07, 6.45) is 0. The molecular formula is C22H19N5O. The van der Waals surface area contributed by atoms with Crippen LogP contribution in [0.1, 0.15) is 5.56 Å². The number of fused-ring (bicyclic) bond motifs is 3. The molecule has 3 aromatic carbocycles. The normalized spacial score (nSPS) is 11.2. The van der Waals surface area contributed by atoms with Crippen LogP contribution in [0.3, 0.4) is 0 Å². The number of nitrogens with zero attached hydrogens (tertiary/aromatic N) is 4. The Morgan fingerprint density at radius 2 is 1.54 bits per heavy atom. The summed E-state index contributed by atoms with van der Waals surface area (Å²) in [6.45, 7) is 0.735. The molecule has 0 aliphatic heterocycles. The number of imidazole rings is 1. The number of hydrogen-bond acceptors (Lipinski definition) is 4. The quantitative estimate of drug-likeness (QED) is 0.496. The van der Waals surface area contributed by atoms with Crippen molar-refractivity contribution < 1.29 is 4.74 Å². The zero-order valence-corrected chi connectivity index (χ0v) is 15.4. The van der Waals surface area contributed by atoms with Gasteiger partial charge in [0.15, 0.2) is 0 Å². The zero-order chi connectivity index (χ0) is 18.9. The molecule has 5 aromatic rings. The first-order valence-electron chi connectivity index (χ1n) is 9.11. The van der Waals surface area contributed by atoms with Gasteiger partial charge in [-0.3, -0.25) is 0 Å². The molecule has 0 radical (unpaired) electrons. The highest BCUT2D eigenvalue weighted by Crippen LogP contribution is 2.26. The lowest BCUT2D eigenvalue weighted by molar-refractivity contribution is 0.415. The van der Waals surface area contributed by atoms with Crippen molar-refractivity contribution >= 4 is 28.4 Å². The van der Waals surface area contributed by atoms with E-state index in [9.17, 15) is 0 Å². The number of hydrogen-bond donors (Lipinski definition) is 1. The molecule has 6 nitrogen and oxygen atoms in total. The summed E-state index contributed by atoms with van der Waals surface area (Å²) in [4.78, 5) is 0. The molecule has 138 valence electrons. The Balaban J connectivity index is 1.61. The average molecular weight is 369 g/mol. The fourth-order valence-electron chi connectivity index (χ4n) is 3.47. The van der Waals surface area contributed by atoms with Crippen molar-refractivity contribution in [1.29, 1.82) is 0 Å². The van der Waals surface area contributed by atoms with Crippen molar-refractivity contribution in [2.24, 2.45) is 0 Å². The molecule has 0 saturated heterocycles. The van der Waals surface area contributed by atoms with Gasteiger partial charge in [0.1, 0.15) is 5.75 Å². The SMILES string of the molecule is COc1ccc(Nc2nnc3n(Cc4ccccc4)c4ccccc4n23)cc1. The van der Waals surface area contributed by atoms with E-state index in [1.807, 2.05) is 42.5 Å². The molecule has 0 amide bonds. The van der Waals surface area contributed by atoms with Gasteiger partial charge in [0.25, 0.3) is 0 Å². The smallest absolute Gasteiger partial charge is 0.238 e. The molecular weight excluding hydrogens is 350 g/mol. The molecule has 0 fully saturated rings. The molecule has 6 heteroatoms. The van der Waals surface area contributed by atoms with Crippen LogP contribution in [0, 0.1) is 0 Å². The third-order valence-corrected chi connectivity index (χ3v) is 4.83. The van der Waals surface area contributed by atoms with Crippen LogP contribution in [-0.4, -0.2) is 26.3 Å². The number of benzene rings is 3. The number of rotatable bonds is 5. The molecule has 1 N–H and O–H groups in total. The first-order valence-corrected chi connectivity index (χ1v) is 9.11. The van der Waals surface area contributed by atoms with Crippen LogP contribution >= 0.6 is 0 Å². The van der Waals surface area contributed by atoms with Gasteiger partial charge in [-0.15, -0.1) is 10.2 Å². The van der Waals surface area contributed by atoms with Gasteiger partial charge in [0, 0.05) is 5.69 Å². The minimum absolute atomic E-state index is 0.683. The molecule has 2 aromatic heterocycles. The van der Waals surface area contributed by atoms with Gasteiger partial charge in [-0.2, -0.15) is 0 Å². The van der Waals surface area contributed by atoms with Gasteiger partial charge in [-0.25, -0.2) is 4.40 Å². The Morgan fingerprint density at radius 1 is 0.821 bits per heavy atom. The molecule has 0 aliphatic carbocycles. The van der Waals surface area contributed by atoms with Gasteiger partial charge in [0.05, 0.1) is 24.7 Å². The summed E-state index contributed by atoms with van der Waals surface area (Å²) in [5, 5.41) is 12.2. The number of nitrogens with one attached hydrogen (secondary N) is 1. The molecule has 0 saturated carbocycles. The van der Waals surface area contributed by atoms with Crippen LogP contribution in [0.2, 0.25) is 0 Å². The predicted molar refractivity (Wildman–Crippen MR) is 110 cm³/mol. The molecule has 0 spiro atoms. The zero-order valence-electron chi connectivity index (χ0n) is 15.4. The van der Waals surface area contributed by atoms with E-state index in [1.165, 1.54) is 5.56 Å². The summed E-state index contributed by atoms with van der Waals surface area (Å²) in [6, 6.07) is 26.4. The van der Waals surface area contributed by atoms with E-state index in [4.69, 9.17) is 4.74 Å². The lowest BCUT2D eigenvalue weighted by Gasteiger charge is -2.05. The standard InChI is InChI=1S/C22H19N5O/c1-28-18-13-11-17(12-14-18)23-21-24-25-22-26(15-16-7-3-2-4-8-16)19-9-5-6-10-20(19)27(21)22/h2-14H,15H2,1H3,(H,23,24). The van der Waals surface area contributed by atoms with Gasteiger partial charge in [0.2, 0.25) is 11.7 Å². The van der Waals surface area contributed by atoms with Crippen LogP contribution in [0.5, 0.6) is 5.75 Å². The van der Waals surface area contributed by atoms with Crippen molar-refractivity contribution in [2.45, 2.75) is 6.54 Å². The van der Waals surface area contributed by atoms with Crippen molar-refractivity contribution in [3.8, 4) is 5.75 Å². The fraction of sp³-hybridized carbons (Fsp3) is 0.0909. The molecule has 5 rings (SSSR count). The summed E-state index contributed by atoms with van der Waals surface area (Å²) >= 11 is 0. The third kappa shape index (κ3) is 2.75. The third-order valence-electron chi connectivity index (χ3n) is 4.83. The van der Waals surface area contributed by atoms with Crippen LogP contribution in [0.15, 0.2) is 78.9 Å². The Labute approximate surface area is 162 Å². The molecule has 2 heterocycles. The van der Waals surface area contributed by atoms with E-state index in [0.717, 1.165) is 34.8 Å². The Bertz CT molecular complexity index is 1240. The summed E-state index contributed by atoms with van der Waals surface area (Å²) in [7, 11) is 1.66. The first kappa shape index (κ1) is 16.4. The van der Waals surface area contributed by atoms with Crippen LogP contribution in [0.25, 0.3) is 16.8 Å². The highest BCUT2D eigenvalue weighted by Gasteiger charge is 2.17. The lowest BCUT2D eigenvalue weighted by Crippen LogP contribution is -2.00. The maximum Gasteiger partial charge on any atom is 0.238 e. The van der Waals surface area contributed by atoms with E-state index in [0.29, 0.717) is 5.95 Å². The van der Waals surface area contributed by atoms with E-state index < -0.39 is 0 Å². The summed E-state index contributed by atoms with van der Waals surface area (Å²) < 4.78 is 9.48. The second-order valence-electron chi connectivity index (χ2n) is 6.57. The van der Waals surface area contributed by atoms with E-state index >= 15 is 0 Å². The minimum atomic E-state index is 0.683. The van der Waals surface area contributed by atoms with Crippen LogP contribution < -0.4 is 10.1 Å². The highest BCUT2D eigenvalue weighted by molar-refractivity contribution is 5.83. The van der Waals surface area contributed by atoms with Crippen LogP contribution in [0.4, 0.5) is 11.6 Å². The summed E-state index contributed by atoms with van der Waals surface area (Å²) in [5.74, 6) is 2.31. The number of methoxy groups -OCH3 is 1. The highest BCUT2D eigenvalue weighted by atomic mass is 16.5. The van der Waals surface area contributed by atoms with Crippen molar-refractivity contribution in [2.75, 3.05) is 12.4 Å². The molecule has 0 bridgehead atoms. The van der Waals surface area contributed by atoms with E-state index in [-0.39, 0.29) is 0 Å². The topological polar surface area (TPSA) is 56.4 Å². The Morgan fingerprint density at radius 3 is 2.29 bits per heavy atom. The molecule has 0 unspecified atom stereocenters. The minimum Gasteiger partial charge on any atom is -0.497 e. The molecule has 28 heavy (non-hydrogen) atoms. The van der Waals surface area contributed by atoms with Gasteiger partial charge in [-0.1, -0.05) is 42.5 Å².